The molecule has 0 spiro atoms. The van der Waals surface area contributed by atoms with E-state index >= 15 is 0 Å². The fourth-order valence-electron chi connectivity index (χ4n) is 2.38. The van der Waals surface area contributed by atoms with Gasteiger partial charge < -0.3 is 15.2 Å². The summed E-state index contributed by atoms with van der Waals surface area (Å²) in [5.74, 6) is 2.30. The second-order valence-corrected chi connectivity index (χ2v) is 8.52. The molecule has 25 heavy (non-hydrogen) atoms. The topological polar surface area (TPSA) is 99.8 Å². The summed E-state index contributed by atoms with van der Waals surface area (Å²) in [4.78, 5) is 6.31. The number of hydrogen-bond acceptors (Lipinski definition) is 6. The van der Waals surface area contributed by atoms with Gasteiger partial charge in [-0.2, -0.15) is 0 Å². The molecule has 1 aromatic heterocycles. The molecule has 1 fully saturated rings. The van der Waals surface area contributed by atoms with Crippen LogP contribution in [-0.2, 0) is 16.4 Å². The highest BCUT2D eigenvalue weighted by Gasteiger charge is 2.20. The van der Waals surface area contributed by atoms with E-state index in [0.717, 1.165) is 18.0 Å². The van der Waals surface area contributed by atoms with Crippen molar-refractivity contribution in [3.8, 4) is 0 Å². The van der Waals surface area contributed by atoms with Crippen LogP contribution in [-0.4, -0.2) is 69.2 Å². The van der Waals surface area contributed by atoms with Crippen LogP contribution in [0.5, 0.6) is 0 Å². The Hall–Kier alpha value is -0.880. The fourth-order valence-corrected chi connectivity index (χ4v) is 3.66. The molecule has 0 radical (unpaired) electrons. The van der Waals surface area contributed by atoms with Crippen molar-refractivity contribution < 1.29 is 12.9 Å². The molecular formula is C15H28IN5O3S. The van der Waals surface area contributed by atoms with Crippen LogP contribution in [0.4, 0.5) is 0 Å². The molecule has 2 rings (SSSR count). The Labute approximate surface area is 166 Å². The first-order chi connectivity index (χ1) is 11.4. The predicted octanol–water partition coefficient (Wildman–Crippen LogP) is 0.811. The molecule has 1 aliphatic rings. The first-order valence-electron chi connectivity index (χ1n) is 8.22. The van der Waals surface area contributed by atoms with E-state index < -0.39 is 9.84 Å². The minimum absolute atomic E-state index is 0. The molecule has 1 saturated heterocycles. The van der Waals surface area contributed by atoms with Gasteiger partial charge in [0.15, 0.2) is 21.6 Å². The lowest BCUT2D eigenvalue weighted by molar-refractivity contribution is 0.299. The van der Waals surface area contributed by atoms with Gasteiger partial charge in [-0.3, -0.25) is 9.89 Å². The number of hydrogen-bond donors (Lipinski definition) is 2. The Morgan fingerprint density at radius 2 is 2.04 bits per heavy atom. The third-order valence-corrected chi connectivity index (χ3v) is 5.59. The van der Waals surface area contributed by atoms with Crippen molar-refractivity contribution in [2.24, 2.45) is 4.99 Å². The van der Waals surface area contributed by atoms with Gasteiger partial charge >= 0.3 is 0 Å². The summed E-state index contributed by atoms with van der Waals surface area (Å²) in [6.45, 7) is 7.35. The van der Waals surface area contributed by atoms with Crippen LogP contribution >= 0.6 is 24.0 Å². The summed E-state index contributed by atoms with van der Waals surface area (Å²) < 4.78 is 28.1. The quantitative estimate of drug-likeness (QED) is 0.350. The average molecular weight is 485 g/mol. The standard InChI is InChI=1S/C15H27N5O3S.HI/c1-12(2)14-10-13(23-19-14)11-18-15(16-3)17-4-5-20-6-8-24(21,22)9-7-20;/h10,12H,4-9,11H2,1-3H3,(H2,16,17,18);1H. The zero-order valence-corrected chi connectivity index (χ0v) is 18.1. The monoisotopic (exact) mass is 485 g/mol. The fraction of sp³-hybridized carbons (Fsp3) is 0.733. The van der Waals surface area contributed by atoms with Crippen molar-refractivity contribution in [3.63, 3.8) is 0 Å². The van der Waals surface area contributed by atoms with Gasteiger partial charge in [0.1, 0.15) is 0 Å². The van der Waals surface area contributed by atoms with E-state index in [0.29, 0.717) is 38.1 Å². The van der Waals surface area contributed by atoms with E-state index in [1.807, 2.05) is 6.07 Å². The molecule has 8 nitrogen and oxygen atoms in total. The third-order valence-electron chi connectivity index (χ3n) is 3.98. The van der Waals surface area contributed by atoms with Gasteiger partial charge in [-0.25, -0.2) is 8.42 Å². The van der Waals surface area contributed by atoms with Crippen LogP contribution in [0.15, 0.2) is 15.6 Å². The van der Waals surface area contributed by atoms with Crippen LogP contribution in [0.1, 0.15) is 31.2 Å². The largest absolute Gasteiger partial charge is 0.359 e. The molecule has 2 N–H and O–H groups in total. The summed E-state index contributed by atoms with van der Waals surface area (Å²) >= 11 is 0. The van der Waals surface area contributed by atoms with Crippen LogP contribution in [0.2, 0.25) is 0 Å². The van der Waals surface area contributed by atoms with Crippen LogP contribution < -0.4 is 10.6 Å². The Kier molecular flexibility index (Phi) is 9.14. The molecule has 2 heterocycles. The second-order valence-electron chi connectivity index (χ2n) is 6.22. The smallest absolute Gasteiger partial charge is 0.191 e. The molecular weight excluding hydrogens is 457 g/mol. The highest BCUT2D eigenvalue weighted by molar-refractivity contribution is 14.0. The number of aliphatic imine (C=N–C) groups is 1. The minimum Gasteiger partial charge on any atom is -0.359 e. The van der Waals surface area contributed by atoms with E-state index in [4.69, 9.17) is 4.52 Å². The molecule has 0 unspecified atom stereocenters. The lowest BCUT2D eigenvalue weighted by Crippen LogP contribution is -2.45. The van der Waals surface area contributed by atoms with E-state index in [1.54, 1.807) is 7.05 Å². The number of guanidine groups is 1. The highest BCUT2D eigenvalue weighted by atomic mass is 127. The predicted molar refractivity (Wildman–Crippen MR) is 109 cm³/mol. The molecule has 0 atom stereocenters. The molecule has 10 heteroatoms. The van der Waals surface area contributed by atoms with Gasteiger partial charge in [0.25, 0.3) is 0 Å². The summed E-state index contributed by atoms with van der Waals surface area (Å²) in [6.07, 6.45) is 0. The molecule has 0 saturated carbocycles. The minimum atomic E-state index is -2.82. The molecule has 0 aromatic carbocycles. The van der Waals surface area contributed by atoms with Gasteiger partial charge in [0, 0.05) is 39.3 Å². The molecule has 1 aliphatic heterocycles. The normalized spacial score (nSPS) is 18.0. The van der Waals surface area contributed by atoms with Crippen molar-refractivity contribution in [2.75, 3.05) is 44.7 Å². The van der Waals surface area contributed by atoms with E-state index in [-0.39, 0.29) is 35.5 Å². The first kappa shape index (κ1) is 22.2. The second kappa shape index (κ2) is 10.3. The number of nitrogens with one attached hydrogen (secondary N) is 2. The Balaban J connectivity index is 0.00000312. The number of rotatable bonds is 6. The highest BCUT2D eigenvalue weighted by Crippen LogP contribution is 2.13. The average Bonchev–Trinajstić information content (AvgIpc) is 3.01. The van der Waals surface area contributed by atoms with Gasteiger partial charge in [-0.1, -0.05) is 19.0 Å². The van der Waals surface area contributed by atoms with Gasteiger partial charge in [0.2, 0.25) is 0 Å². The zero-order chi connectivity index (χ0) is 17.6. The van der Waals surface area contributed by atoms with E-state index in [2.05, 4.69) is 39.5 Å². The maximum atomic E-state index is 11.4. The lowest BCUT2D eigenvalue weighted by atomic mass is 10.1. The Morgan fingerprint density at radius 3 is 2.60 bits per heavy atom. The van der Waals surface area contributed by atoms with Crippen LogP contribution in [0, 0.1) is 0 Å². The zero-order valence-electron chi connectivity index (χ0n) is 15.0. The Morgan fingerprint density at radius 1 is 1.36 bits per heavy atom. The maximum Gasteiger partial charge on any atom is 0.191 e. The summed E-state index contributed by atoms with van der Waals surface area (Å²) in [7, 11) is -1.11. The summed E-state index contributed by atoms with van der Waals surface area (Å²) in [6, 6.07) is 1.94. The molecule has 0 amide bonds. The maximum absolute atomic E-state index is 11.4. The van der Waals surface area contributed by atoms with Crippen molar-refractivity contribution >= 4 is 39.8 Å². The number of nitrogens with zero attached hydrogens (tertiary/aromatic N) is 3. The third kappa shape index (κ3) is 7.48. The summed E-state index contributed by atoms with van der Waals surface area (Å²) in [5, 5.41) is 10.4. The van der Waals surface area contributed by atoms with Crippen molar-refractivity contribution in [1.82, 2.24) is 20.7 Å². The van der Waals surface area contributed by atoms with Crippen molar-refractivity contribution in [2.45, 2.75) is 26.3 Å². The van der Waals surface area contributed by atoms with E-state index in [9.17, 15) is 8.42 Å². The number of sulfone groups is 1. The van der Waals surface area contributed by atoms with Gasteiger partial charge in [-0.15, -0.1) is 24.0 Å². The van der Waals surface area contributed by atoms with Crippen LogP contribution in [0.3, 0.4) is 0 Å². The summed E-state index contributed by atoms with van der Waals surface area (Å²) in [5.41, 5.74) is 0.940. The van der Waals surface area contributed by atoms with Crippen molar-refractivity contribution in [1.29, 1.82) is 0 Å². The molecule has 0 bridgehead atoms. The molecule has 1 aromatic rings. The van der Waals surface area contributed by atoms with Gasteiger partial charge in [-0.05, 0) is 5.92 Å². The van der Waals surface area contributed by atoms with Gasteiger partial charge in [0.05, 0.1) is 23.7 Å². The number of halogens is 1. The molecule has 0 aliphatic carbocycles. The van der Waals surface area contributed by atoms with Crippen molar-refractivity contribution in [3.05, 3.63) is 17.5 Å². The SMILES string of the molecule is CN=C(NCCN1CCS(=O)(=O)CC1)NCc1cc(C(C)C)no1.I. The molecule has 144 valence electrons. The van der Waals surface area contributed by atoms with E-state index in [1.165, 1.54) is 0 Å². The number of aromatic nitrogens is 1. The Bertz CT molecular complexity index is 646. The lowest BCUT2D eigenvalue weighted by Gasteiger charge is -2.26. The van der Waals surface area contributed by atoms with Crippen LogP contribution in [0.25, 0.3) is 0 Å². The first-order valence-corrected chi connectivity index (χ1v) is 10.0.